The van der Waals surface area contributed by atoms with Crippen molar-refractivity contribution >= 4 is 54.0 Å². The van der Waals surface area contributed by atoms with Gasteiger partial charge in [-0.2, -0.15) is 5.10 Å². The number of fused-ring (bicyclic) bond motifs is 3. The number of H-pyrrole nitrogens is 1. The summed E-state index contributed by atoms with van der Waals surface area (Å²) in [6, 6.07) is 1.68. The minimum absolute atomic E-state index is 0.0124. The SMILES string of the molecule is CC(C)(C)[Si](C)(C)OCC(=O)N1CCn2c(c(-c3cn[nH]c3)c3c(N)cc(Cl)c(Cl)c32)C1. The van der Waals surface area contributed by atoms with E-state index in [1.165, 1.54) is 0 Å². The largest absolute Gasteiger partial charge is 0.408 e. The van der Waals surface area contributed by atoms with Gasteiger partial charge < -0.3 is 19.6 Å². The van der Waals surface area contributed by atoms with Crippen molar-refractivity contribution in [3.8, 4) is 11.1 Å². The van der Waals surface area contributed by atoms with E-state index in [0.29, 0.717) is 35.4 Å². The van der Waals surface area contributed by atoms with Crippen LogP contribution in [0.4, 0.5) is 5.69 Å². The van der Waals surface area contributed by atoms with E-state index in [9.17, 15) is 4.79 Å². The molecule has 172 valence electrons. The number of amides is 1. The molecule has 0 unspecified atom stereocenters. The normalized spacial score (nSPS) is 14.8. The van der Waals surface area contributed by atoms with Gasteiger partial charge >= 0.3 is 0 Å². The lowest BCUT2D eigenvalue weighted by atomic mass is 10.0. The van der Waals surface area contributed by atoms with Gasteiger partial charge in [0.2, 0.25) is 5.91 Å². The van der Waals surface area contributed by atoms with E-state index in [2.05, 4.69) is 48.6 Å². The van der Waals surface area contributed by atoms with Gasteiger partial charge in [0.05, 0.1) is 28.3 Å². The first kappa shape index (κ1) is 23.2. The zero-order chi connectivity index (χ0) is 23.4. The predicted octanol–water partition coefficient (Wildman–Crippen LogP) is 5.28. The lowest BCUT2D eigenvalue weighted by molar-refractivity contribution is -0.135. The molecule has 0 bridgehead atoms. The Kier molecular flexibility index (Phi) is 5.86. The zero-order valence-electron chi connectivity index (χ0n) is 19.1. The van der Waals surface area contributed by atoms with E-state index in [-0.39, 0.29) is 17.6 Å². The molecule has 3 heterocycles. The number of nitrogens with two attached hydrogens (primary N) is 1. The van der Waals surface area contributed by atoms with Crippen LogP contribution in [0.3, 0.4) is 0 Å². The van der Waals surface area contributed by atoms with Gasteiger partial charge in [-0.1, -0.05) is 44.0 Å². The van der Waals surface area contributed by atoms with Gasteiger partial charge in [0.25, 0.3) is 0 Å². The second-order valence-corrected chi connectivity index (χ2v) is 15.4. The van der Waals surface area contributed by atoms with Crippen LogP contribution in [-0.2, 0) is 22.3 Å². The lowest BCUT2D eigenvalue weighted by Crippen LogP contribution is -2.46. The third-order valence-corrected chi connectivity index (χ3v) is 12.1. The number of hydrogen-bond donors (Lipinski definition) is 2. The maximum atomic E-state index is 13.1. The molecule has 3 aromatic rings. The Morgan fingerprint density at radius 3 is 2.66 bits per heavy atom. The number of rotatable bonds is 4. The van der Waals surface area contributed by atoms with Crippen molar-refractivity contribution in [1.29, 1.82) is 0 Å². The van der Waals surface area contributed by atoms with Crippen LogP contribution in [0.15, 0.2) is 18.5 Å². The Balaban J connectivity index is 1.72. The number of halogens is 2. The molecule has 1 aliphatic rings. The first-order chi connectivity index (χ1) is 14.9. The molecule has 1 aliphatic heterocycles. The van der Waals surface area contributed by atoms with E-state index < -0.39 is 8.32 Å². The molecule has 1 amide bonds. The smallest absolute Gasteiger partial charge is 0.247 e. The van der Waals surface area contributed by atoms with Crippen LogP contribution in [0.5, 0.6) is 0 Å². The molecule has 7 nitrogen and oxygen atoms in total. The number of aromatic amines is 1. The average molecular weight is 494 g/mol. The summed E-state index contributed by atoms with van der Waals surface area (Å²) in [5, 5.41) is 8.73. The molecule has 0 saturated heterocycles. The van der Waals surface area contributed by atoms with Crippen molar-refractivity contribution < 1.29 is 9.22 Å². The Hall–Kier alpha value is -2.00. The van der Waals surface area contributed by atoms with Gasteiger partial charge in [-0.25, -0.2) is 0 Å². The molecule has 0 saturated carbocycles. The number of hydrogen-bond acceptors (Lipinski definition) is 4. The van der Waals surface area contributed by atoms with Crippen LogP contribution < -0.4 is 5.73 Å². The molecule has 10 heteroatoms. The highest BCUT2D eigenvalue weighted by Gasteiger charge is 2.38. The highest BCUT2D eigenvalue weighted by molar-refractivity contribution is 6.74. The van der Waals surface area contributed by atoms with Crippen molar-refractivity contribution in [1.82, 2.24) is 19.7 Å². The topological polar surface area (TPSA) is 89.2 Å². The van der Waals surface area contributed by atoms with Gasteiger partial charge in [0.15, 0.2) is 8.32 Å². The van der Waals surface area contributed by atoms with E-state index in [4.69, 9.17) is 33.4 Å². The molecule has 0 fully saturated rings. The zero-order valence-corrected chi connectivity index (χ0v) is 21.6. The van der Waals surface area contributed by atoms with Gasteiger partial charge in [0.1, 0.15) is 6.61 Å². The molecule has 0 atom stereocenters. The van der Waals surface area contributed by atoms with E-state index in [1.807, 2.05) is 11.1 Å². The predicted molar refractivity (Wildman–Crippen MR) is 133 cm³/mol. The number of benzene rings is 1. The highest BCUT2D eigenvalue weighted by Crippen LogP contribution is 2.45. The molecular weight excluding hydrogens is 465 g/mol. The number of aromatic nitrogens is 3. The van der Waals surface area contributed by atoms with Gasteiger partial charge in [-0.3, -0.25) is 9.89 Å². The number of anilines is 1. The first-order valence-electron chi connectivity index (χ1n) is 10.6. The van der Waals surface area contributed by atoms with Gasteiger partial charge in [0, 0.05) is 47.2 Å². The van der Waals surface area contributed by atoms with Crippen molar-refractivity contribution in [2.75, 3.05) is 18.9 Å². The van der Waals surface area contributed by atoms with Crippen molar-refractivity contribution in [2.24, 2.45) is 0 Å². The monoisotopic (exact) mass is 493 g/mol. The number of carbonyl (C=O) groups is 1. The molecule has 2 aromatic heterocycles. The summed E-state index contributed by atoms with van der Waals surface area (Å²) >= 11 is 13.0. The van der Waals surface area contributed by atoms with Crippen LogP contribution in [-0.4, -0.2) is 47.0 Å². The van der Waals surface area contributed by atoms with E-state index in [0.717, 1.165) is 27.7 Å². The van der Waals surface area contributed by atoms with Crippen LogP contribution >= 0.6 is 23.2 Å². The summed E-state index contributed by atoms with van der Waals surface area (Å²) in [5.41, 5.74) is 10.5. The maximum absolute atomic E-state index is 13.1. The van der Waals surface area contributed by atoms with Crippen LogP contribution in [0, 0.1) is 0 Å². The van der Waals surface area contributed by atoms with Crippen LogP contribution in [0.25, 0.3) is 22.0 Å². The molecule has 3 N–H and O–H groups in total. The minimum atomic E-state index is -2.02. The molecule has 0 aliphatic carbocycles. The maximum Gasteiger partial charge on any atom is 0.247 e. The number of carbonyl (C=O) groups excluding carboxylic acids is 1. The first-order valence-corrected chi connectivity index (χ1v) is 14.3. The molecule has 0 radical (unpaired) electrons. The van der Waals surface area contributed by atoms with Crippen LogP contribution in [0.2, 0.25) is 28.2 Å². The quantitative estimate of drug-likeness (QED) is 0.381. The van der Waals surface area contributed by atoms with Gasteiger partial charge in [-0.15, -0.1) is 0 Å². The fraction of sp³-hybridized carbons (Fsp3) is 0.455. The summed E-state index contributed by atoms with van der Waals surface area (Å²) < 4.78 is 8.31. The lowest BCUT2D eigenvalue weighted by Gasteiger charge is -2.37. The van der Waals surface area contributed by atoms with Crippen molar-refractivity contribution in [3.05, 3.63) is 34.2 Å². The summed E-state index contributed by atoms with van der Waals surface area (Å²) in [5.74, 6) is -0.0124. The molecule has 1 aromatic carbocycles. The Morgan fingerprint density at radius 1 is 1.31 bits per heavy atom. The fourth-order valence-corrected chi connectivity index (χ4v) is 5.29. The van der Waals surface area contributed by atoms with Crippen molar-refractivity contribution in [3.63, 3.8) is 0 Å². The molecule has 0 spiro atoms. The third kappa shape index (κ3) is 3.83. The minimum Gasteiger partial charge on any atom is -0.408 e. The Morgan fingerprint density at radius 2 is 2.03 bits per heavy atom. The van der Waals surface area contributed by atoms with Gasteiger partial charge in [-0.05, 0) is 24.2 Å². The second-order valence-electron chi connectivity index (χ2n) is 9.81. The summed E-state index contributed by atoms with van der Waals surface area (Å²) in [6.07, 6.45) is 3.57. The summed E-state index contributed by atoms with van der Waals surface area (Å²) in [4.78, 5) is 14.9. The Labute approximate surface area is 198 Å². The van der Waals surface area contributed by atoms with Crippen LogP contribution in [0.1, 0.15) is 26.5 Å². The van der Waals surface area contributed by atoms with Crippen molar-refractivity contribution in [2.45, 2.75) is 52.0 Å². The third-order valence-electron chi connectivity index (χ3n) is 6.80. The molecule has 4 rings (SSSR count). The Bertz CT molecular complexity index is 1180. The standard InChI is InChI=1S/C22H29Cl2N5O2Si/c1-22(2,3)32(4,5)31-12-17(30)28-6-7-29-16(11-28)18(13-9-26-27-10-13)19-15(25)8-14(23)20(24)21(19)29/h8-10H,6-7,11-12,25H2,1-5H3,(H,26,27). The number of nitrogens with zero attached hydrogens (tertiary/aromatic N) is 3. The fourth-order valence-electron chi connectivity index (χ4n) is 3.92. The van der Waals surface area contributed by atoms with E-state index >= 15 is 0 Å². The van der Waals surface area contributed by atoms with E-state index in [1.54, 1.807) is 12.3 Å². The molecular formula is C22H29Cl2N5O2Si. The summed E-state index contributed by atoms with van der Waals surface area (Å²) in [7, 11) is -2.02. The average Bonchev–Trinajstić information content (AvgIpc) is 3.34. The molecule has 32 heavy (non-hydrogen) atoms. The highest BCUT2D eigenvalue weighted by atomic mass is 35.5. The number of nitrogen functional groups attached to an aromatic ring is 1. The number of nitrogens with one attached hydrogen (secondary N) is 1. The summed E-state index contributed by atoms with van der Waals surface area (Å²) in [6.45, 7) is 12.5. The second kappa shape index (κ2) is 8.09.